The summed E-state index contributed by atoms with van der Waals surface area (Å²) in [6.07, 6.45) is 0. The van der Waals surface area contributed by atoms with Crippen molar-refractivity contribution in [2.24, 2.45) is 10.9 Å². The van der Waals surface area contributed by atoms with Gasteiger partial charge in [-0.2, -0.15) is 10.5 Å². The van der Waals surface area contributed by atoms with E-state index >= 15 is 0 Å². The molecule has 4 nitrogen and oxygen atoms in total. The Balaban J connectivity index is 4.42. The Morgan fingerprint density at radius 1 is 1.42 bits per heavy atom. The summed E-state index contributed by atoms with van der Waals surface area (Å²) in [7, 11) is 0. The van der Waals surface area contributed by atoms with E-state index in [9.17, 15) is 0 Å². The minimum atomic E-state index is -0.759. The Morgan fingerprint density at radius 3 is 2.33 bits per heavy atom. The van der Waals surface area contributed by atoms with Crippen LogP contribution in [0.5, 0.6) is 0 Å². The third kappa shape index (κ3) is 3.03. The average Bonchev–Trinajstić information content (AvgIpc) is 2.07. The van der Waals surface area contributed by atoms with Crippen LogP contribution in [0.25, 0.3) is 0 Å². The van der Waals surface area contributed by atoms with E-state index in [-0.39, 0.29) is 0 Å². The summed E-state index contributed by atoms with van der Waals surface area (Å²) in [4.78, 5) is 4.02. The normalized spacial score (nSPS) is 10.6. The van der Waals surface area contributed by atoms with E-state index in [1.165, 1.54) is 0 Å². The smallest absolute Gasteiger partial charge is 0.189 e. The largest absolute Gasteiger partial charge is 0.372 e. The van der Waals surface area contributed by atoms with Crippen molar-refractivity contribution in [1.82, 2.24) is 5.32 Å². The molecule has 4 heteroatoms. The Morgan fingerprint density at radius 2 is 2.00 bits per heavy atom. The summed E-state index contributed by atoms with van der Waals surface area (Å²) in [6, 6.07) is 3.73. The summed E-state index contributed by atoms with van der Waals surface area (Å²) < 4.78 is 0. The zero-order chi connectivity index (χ0) is 9.40. The predicted octanol–water partition coefficient (Wildman–Crippen LogP) is 0.678. The molecule has 0 unspecified atom stereocenters. The standard InChI is InChI=1S/C8H12N4/c1-3-11-8(12-4-2)7(5-9)6-10/h7H,3-4H2,1-2H3,(H,11,12). The fraction of sp³-hybridized carbons (Fsp3) is 0.625. The fourth-order valence-electron chi connectivity index (χ4n) is 0.752. The summed E-state index contributed by atoms with van der Waals surface area (Å²) >= 11 is 0. The van der Waals surface area contributed by atoms with Crippen molar-refractivity contribution in [1.29, 1.82) is 10.5 Å². The first kappa shape index (κ1) is 10.4. The van der Waals surface area contributed by atoms with Crippen LogP contribution in [-0.2, 0) is 0 Å². The Labute approximate surface area is 72.5 Å². The molecule has 0 aliphatic heterocycles. The third-order valence-corrected chi connectivity index (χ3v) is 1.22. The van der Waals surface area contributed by atoms with Gasteiger partial charge < -0.3 is 5.32 Å². The lowest BCUT2D eigenvalue weighted by atomic mass is 10.2. The van der Waals surface area contributed by atoms with Crippen LogP contribution in [0.3, 0.4) is 0 Å². The number of nitrogens with zero attached hydrogens (tertiary/aromatic N) is 3. The van der Waals surface area contributed by atoms with Gasteiger partial charge >= 0.3 is 0 Å². The summed E-state index contributed by atoms with van der Waals surface area (Å²) in [6.45, 7) is 5.03. The number of aliphatic imine (C=N–C) groups is 1. The van der Waals surface area contributed by atoms with Gasteiger partial charge in [-0.25, -0.2) is 0 Å². The Kier molecular flexibility index (Phi) is 5.38. The van der Waals surface area contributed by atoms with Crippen molar-refractivity contribution < 1.29 is 0 Å². The highest BCUT2D eigenvalue weighted by molar-refractivity contribution is 5.88. The van der Waals surface area contributed by atoms with Gasteiger partial charge in [0, 0.05) is 13.1 Å². The molecule has 0 aliphatic rings. The lowest BCUT2D eigenvalue weighted by Crippen LogP contribution is -2.29. The van der Waals surface area contributed by atoms with Crippen LogP contribution in [-0.4, -0.2) is 18.9 Å². The number of rotatable bonds is 3. The van der Waals surface area contributed by atoms with Gasteiger partial charge in [-0.05, 0) is 13.8 Å². The number of hydrogen-bond donors (Lipinski definition) is 1. The molecule has 0 spiro atoms. The van der Waals surface area contributed by atoms with Crippen LogP contribution in [0, 0.1) is 28.6 Å². The molecule has 0 atom stereocenters. The van der Waals surface area contributed by atoms with Gasteiger partial charge in [0.1, 0.15) is 5.84 Å². The minimum Gasteiger partial charge on any atom is -0.372 e. The van der Waals surface area contributed by atoms with Gasteiger partial charge in [0.05, 0.1) is 12.1 Å². The van der Waals surface area contributed by atoms with Crippen LogP contribution < -0.4 is 5.32 Å². The van der Waals surface area contributed by atoms with Gasteiger partial charge in [-0.15, -0.1) is 0 Å². The molecule has 0 saturated heterocycles. The molecule has 0 fully saturated rings. The van der Waals surface area contributed by atoms with E-state index in [0.717, 1.165) is 0 Å². The van der Waals surface area contributed by atoms with E-state index < -0.39 is 5.92 Å². The molecular weight excluding hydrogens is 152 g/mol. The maximum absolute atomic E-state index is 8.56. The zero-order valence-corrected chi connectivity index (χ0v) is 7.33. The molecule has 0 radical (unpaired) electrons. The zero-order valence-electron chi connectivity index (χ0n) is 7.33. The molecule has 64 valence electrons. The van der Waals surface area contributed by atoms with Crippen LogP contribution in [0.1, 0.15) is 13.8 Å². The minimum absolute atomic E-state index is 0.477. The molecule has 1 N–H and O–H groups in total. The Bertz CT molecular complexity index is 216. The number of hydrogen-bond acceptors (Lipinski definition) is 3. The molecule has 0 aromatic carbocycles. The van der Waals surface area contributed by atoms with Gasteiger partial charge in [0.2, 0.25) is 0 Å². The molecule has 0 amide bonds. The predicted molar refractivity (Wildman–Crippen MR) is 46.4 cm³/mol. The van der Waals surface area contributed by atoms with Crippen LogP contribution in [0.4, 0.5) is 0 Å². The summed E-state index contributed by atoms with van der Waals surface area (Å²) in [5.41, 5.74) is 0. The second-order valence-electron chi connectivity index (χ2n) is 2.08. The van der Waals surface area contributed by atoms with Gasteiger partial charge in [0.15, 0.2) is 5.92 Å². The molecular formula is C8H12N4. The van der Waals surface area contributed by atoms with Crippen molar-refractivity contribution >= 4 is 5.84 Å². The molecule has 0 saturated carbocycles. The lowest BCUT2D eigenvalue weighted by Gasteiger charge is -2.06. The van der Waals surface area contributed by atoms with Gasteiger partial charge in [-0.1, -0.05) is 0 Å². The second-order valence-corrected chi connectivity index (χ2v) is 2.08. The SMILES string of the molecule is CCN=C(NCC)C(C#N)C#N. The number of nitriles is 2. The third-order valence-electron chi connectivity index (χ3n) is 1.22. The van der Waals surface area contributed by atoms with E-state index in [0.29, 0.717) is 18.9 Å². The quantitative estimate of drug-likeness (QED) is 0.492. The fourth-order valence-corrected chi connectivity index (χ4v) is 0.752. The average molecular weight is 164 g/mol. The highest BCUT2D eigenvalue weighted by atomic mass is 15.0. The van der Waals surface area contributed by atoms with E-state index in [4.69, 9.17) is 10.5 Å². The maximum Gasteiger partial charge on any atom is 0.189 e. The number of nitrogens with one attached hydrogen (secondary N) is 1. The molecule has 0 aromatic rings. The van der Waals surface area contributed by atoms with E-state index in [2.05, 4.69) is 10.3 Å². The van der Waals surface area contributed by atoms with Crippen molar-refractivity contribution in [2.45, 2.75) is 13.8 Å². The molecule has 0 rings (SSSR count). The Hall–Kier alpha value is -1.55. The first-order valence-electron chi connectivity index (χ1n) is 3.87. The van der Waals surface area contributed by atoms with E-state index in [1.54, 1.807) is 0 Å². The molecule has 0 aliphatic carbocycles. The maximum atomic E-state index is 8.56. The van der Waals surface area contributed by atoms with Crippen molar-refractivity contribution in [3.63, 3.8) is 0 Å². The van der Waals surface area contributed by atoms with Crippen LogP contribution >= 0.6 is 0 Å². The second kappa shape index (κ2) is 6.18. The molecule has 0 bridgehead atoms. The number of amidine groups is 1. The van der Waals surface area contributed by atoms with Crippen LogP contribution in [0.15, 0.2) is 4.99 Å². The lowest BCUT2D eigenvalue weighted by molar-refractivity contribution is 0.895. The van der Waals surface area contributed by atoms with Crippen LogP contribution in [0.2, 0.25) is 0 Å². The topological polar surface area (TPSA) is 72.0 Å². The van der Waals surface area contributed by atoms with E-state index in [1.807, 2.05) is 26.0 Å². The summed E-state index contributed by atoms with van der Waals surface area (Å²) in [5.74, 6) is -0.283. The monoisotopic (exact) mass is 164 g/mol. The van der Waals surface area contributed by atoms with Gasteiger partial charge in [-0.3, -0.25) is 4.99 Å². The van der Waals surface area contributed by atoms with Gasteiger partial charge in [0.25, 0.3) is 0 Å². The molecule has 0 aromatic heterocycles. The summed E-state index contributed by atoms with van der Waals surface area (Å²) in [5, 5.41) is 20.0. The molecule has 12 heavy (non-hydrogen) atoms. The first-order chi connectivity index (χ1) is 5.79. The van der Waals surface area contributed by atoms with Crippen molar-refractivity contribution in [2.75, 3.05) is 13.1 Å². The first-order valence-corrected chi connectivity index (χ1v) is 3.87. The highest BCUT2D eigenvalue weighted by Gasteiger charge is 2.12. The molecule has 0 heterocycles. The van der Waals surface area contributed by atoms with Crippen molar-refractivity contribution in [3.8, 4) is 12.1 Å². The van der Waals surface area contributed by atoms with Crippen molar-refractivity contribution in [3.05, 3.63) is 0 Å². The highest BCUT2D eigenvalue weighted by Crippen LogP contribution is 1.94.